The fourth-order valence-corrected chi connectivity index (χ4v) is 3.57. The first-order valence-electron chi connectivity index (χ1n) is 9.25. The molecule has 140 valence electrons. The van der Waals surface area contributed by atoms with Crippen LogP contribution in [0.5, 0.6) is 0 Å². The predicted molar refractivity (Wildman–Crippen MR) is 99.7 cm³/mol. The summed E-state index contributed by atoms with van der Waals surface area (Å²) in [6.45, 7) is 3.39. The molecule has 1 aliphatic rings. The molecule has 0 saturated carbocycles. The quantitative estimate of drug-likeness (QED) is 0.797. The third kappa shape index (κ3) is 4.49. The zero-order valence-corrected chi connectivity index (χ0v) is 15.6. The Hall–Kier alpha value is -2.21. The lowest BCUT2D eigenvalue weighted by atomic mass is 9.96. The standard InChI is InChI=1S/C20H27FN4O/c1-23(2)11-4-13-24-14-10-22-19(24)17-5-3-12-25(15-17)20(26)16-6-8-18(21)9-7-16/h6-10,14,17H,3-5,11-13,15H2,1-2H3/t17-/m1/s1. The molecule has 0 aliphatic carbocycles. The van der Waals surface area contributed by atoms with Gasteiger partial charge in [-0.15, -0.1) is 0 Å². The normalized spacial score (nSPS) is 17.7. The van der Waals surface area contributed by atoms with Crippen molar-refractivity contribution in [3.63, 3.8) is 0 Å². The summed E-state index contributed by atoms with van der Waals surface area (Å²) < 4.78 is 15.3. The molecule has 0 bridgehead atoms. The number of amides is 1. The van der Waals surface area contributed by atoms with Crippen LogP contribution in [0.3, 0.4) is 0 Å². The van der Waals surface area contributed by atoms with Crippen LogP contribution in [0.1, 0.15) is 41.4 Å². The van der Waals surface area contributed by atoms with Gasteiger partial charge in [0.1, 0.15) is 11.6 Å². The number of carbonyl (C=O) groups is 1. The zero-order valence-electron chi connectivity index (χ0n) is 15.6. The van der Waals surface area contributed by atoms with Crippen LogP contribution in [-0.2, 0) is 6.54 Å². The SMILES string of the molecule is CN(C)CCCn1ccnc1[C@@H]1CCCN(C(=O)c2ccc(F)cc2)C1. The van der Waals surface area contributed by atoms with Crippen molar-refractivity contribution in [2.75, 3.05) is 33.7 Å². The van der Waals surface area contributed by atoms with Crippen molar-refractivity contribution in [3.8, 4) is 0 Å². The molecule has 1 aromatic heterocycles. The van der Waals surface area contributed by atoms with Crippen molar-refractivity contribution in [2.24, 2.45) is 0 Å². The van der Waals surface area contributed by atoms with Gasteiger partial charge in [-0.2, -0.15) is 0 Å². The van der Waals surface area contributed by atoms with Gasteiger partial charge >= 0.3 is 0 Å². The lowest BCUT2D eigenvalue weighted by Gasteiger charge is -2.33. The Morgan fingerprint density at radius 1 is 1.31 bits per heavy atom. The Bertz CT molecular complexity index is 726. The van der Waals surface area contributed by atoms with Gasteiger partial charge in [0.05, 0.1) is 0 Å². The highest BCUT2D eigenvalue weighted by Gasteiger charge is 2.28. The number of rotatable bonds is 6. The number of nitrogens with zero attached hydrogens (tertiary/aromatic N) is 4. The number of hydrogen-bond acceptors (Lipinski definition) is 3. The molecule has 6 heteroatoms. The monoisotopic (exact) mass is 358 g/mol. The van der Waals surface area contributed by atoms with Gasteiger partial charge in [0.15, 0.2) is 0 Å². The molecular formula is C20H27FN4O. The minimum atomic E-state index is -0.321. The summed E-state index contributed by atoms with van der Waals surface area (Å²) in [5.41, 5.74) is 0.543. The van der Waals surface area contributed by atoms with E-state index in [1.165, 1.54) is 12.1 Å². The van der Waals surface area contributed by atoms with Crippen molar-refractivity contribution < 1.29 is 9.18 Å². The van der Waals surface area contributed by atoms with Gasteiger partial charge in [0.2, 0.25) is 0 Å². The average Bonchev–Trinajstić information content (AvgIpc) is 3.10. The number of imidazole rings is 1. The summed E-state index contributed by atoms with van der Waals surface area (Å²) in [7, 11) is 4.16. The Morgan fingerprint density at radius 3 is 2.81 bits per heavy atom. The van der Waals surface area contributed by atoms with Gasteiger partial charge in [-0.3, -0.25) is 4.79 Å². The largest absolute Gasteiger partial charge is 0.338 e. The zero-order chi connectivity index (χ0) is 18.5. The fraction of sp³-hybridized carbons (Fsp3) is 0.500. The van der Waals surface area contributed by atoms with Crippen LogP contribution >= 0.6 is 0 Å². The molecule has 0 unspecified atom stereocenters. The van der Waals surface area contributed by atoms with Crippen LogP contribution in [0.4, 0.5) is 4.39 Å². The summed E-state index contributed by atoms with van der Waals surface area (Å²) in [5.74, 6) is 0.973. The van der Waals surface area contributed by atoms with E-state index < -0.39 is 0 Å². The molecule has 1 saturated heterocycles. The number of aryl methyl sites for hydroxylation is 1. The van der Waals surface area contributed by atoms with Gasteiger partial charge in [-0.25, -0.2) is 9.37 Å². The van der Waals surface area contributed by atoms with Crippen LogP contribution in [0.15, 0.2) is 36.7 Å². The van der Waals surface area contributed by atoms with E-state index in [4.69, 9.17) is 0 Å². The van der Waals surface area contributed by atoms with Crippen molar-refractivity contribution in [1.29, 1.82) is 0 Å². The number of halogens is 1. The molecule has 5 nitrogen and oxygen atoms in total. The second-order valence-electron chi connectivity index (χ2n) is 7.23. The van der Waals surface area contributed by atoms with Crippen molar-refractivity contribution in [1.82, 2.24) is 19.4 Å². The number of piperidine rings is 1. The molecule has 1 aliphatic heterocycles. The maximum atomic E-state index is 13.1. The van der Waals surface area contributed by atoms with Crippen LogP contribution in [-0.4, -0.2) is 59.0 Å². The number of likely N-dealkylation sites (tertiary alicyclic amines) is 1. The van der Waals surface area contributed by atoms with Crippen LogP contribution in [0.2, 0.25) is 0 Å². The van der Waals surface area contributed by atoms with E-state index in [9.17, 15) is 9.18 Å². The van der Waals surface area contributed by atoms with Crippen molar-refractivity contribution >= 4 is 5.91 Å². The van der Waals surface area contributed by atoms with Crippen LogP contribution < -0.4 is 0 Å². The van der Waals surface area contributed by atoms with Gasteiger partial charge in [0, 0.05) is 43.5 Å². The smallest absolute Gasteiger partial charge is 0.253 e. The highest BCUT2D eigenvalue weighted by Crippen LogP contribution is 2.27. The Morgan fingerprint density at radius 2 is 2.08 bits per heavy atom. The second-order valence-corrected chi connectivity index (χ2v) is 7.23. The molecular weight excluding hydrogens is 331 g/mol. The first kappa shape index (κ1) is 18.6. The third-order valence-corrected chi connectivity index (χ3v) is 4.92. The molecule has 1 fully saturated rings. The molecule has 0 spiro atoms. The fourth-order valence-electron chi connectivity index (χ4n) is 3.57. The summed E-state index contributed by atoms with van der Waals surface area (Å²) in [4.78, 5) is 21.4. The molecule has 1 atom stereocenters. The molecule has 26 heavy (non-hydrogen) atoms. The van der Waals surface area contributed by atoms with Gasteiger partial charge in [-0.1, -0.05) is 0 Å². The molecule has 1 amide bonds. The van der Waals surface area contributed by atoms with E-state index in [1.54, 1.807) is 12.1 Å². The molecule has 0 N–H and O–H groups in total. The predicted octanol–water partition coefficient (Wildman–Crippen LogP) is 2.99. The highest BCUT2D eigenvalue weighted by molar-refractivity contribution is 5.94. The summed E-state index contributed by atoms with van der Waals surface area (Å²) in [6, 6.07) is 5.80. The van der Waals surface area contributed by atoms with Gasteiger partial charge in [0.25, 0.3) is 5.91 Å². The molecule has 3 rings (SSSR count). The number of aromatic nitrogens is 2. The number of hydrogen-bond donors (Lipinski definition) is 0. The average molecular weight is 358 g/mol. The first-order valence-corrected chi connectivity index (χ1v) is 9.25. The van der Waals surface area contributed by atoms with Gasteiger partial charge < -0.3 is 14.4 Å². The minimum absolute atomic E-state index is 0.0274. The molecule has 0 radical (unpaired) electrons. The Kier molecular flexibility index (Phi) is 6.04. The number of benzene rings is 1. The minimum Gasteiger partial charge on any atom is -0.338 e. The summed E-state index contributed by atoms with van der Waals surface area (Å²) >= 11 is 0. The summed E-state index contributed by atoms with van der Waals surface area (Å²) in [5, 5.41) is 0. The Balaban J connectivity index is 1.66. The highest BCUT2D eigenvalue weighted by atomic mass is 19.1. The van der Waals surface area contributed by atoms with Crippen LogP contribution in [0, 0.1) is 5.82 Å². The first-order chi connectivity index (χ1) is 12.5. The molecule has 2 aromatic rings. The lowest BCUT2D eigenvalue weighted by molar-refractivity contribution is 0.0703. The van der Waals surface area contributed by atoms with E-state index in [-0.39, 0.29) is 17.6 Å². The number of carbonyl (C=O) groups excluding carboxylic acids is 1. The molecule has 2 heterocycles. The topological polar surface area (TPSA) is 41.4 Å². The van der Waals surface area contributed by atoms with E-state index in [0.29, 0.717) is 12.1 Å². The van der Waals surface area contributed by atoms with E-state index in [2.05, 4.69) is 28.5 Å². The van der Waals surface area contributed by atoms with E-state index in [0.717, 1.165) is 44.7 Å². The van der Waals surface area contributed by atoms with Crippen molar-refractivity contribution in [3.05, 3.63) is 53.9 Å². The van der Waals surface area contributed by atoms with E-state index in [1.807, 2.05) is 17.3 Å². The van der Waals surface area contributed by atoms with Crippen LogP contribution in [0.25, 0.3) is 0 Å². The lowest BCUT2D eigenvalue weighted by Crippen LogP contribution is -2.39. The summed E-state index contributed by atoms with van der Waals surface area (Å²) in [6.07, 6.45) is 6.96. The molecule has 1 aromatic carbocycles. The maximum absolute atomic E-state index is 13.1. The Labute approximate surface area is 154 Å². The third-order valence-electron chi connectivity index (χ3n) is 4.92. The van der Waals surface area contributed by atoms with Gasteiger partial charge in [-0.05, 0) is 64.2 Å². The van der Waals surface area contributed by atoms with Crippen molar-refractivity contribution in [2.45, 2.75) is 31.7 Å². The maximum Gasteiger partial charge on any atom is 0.253 e. The van der Waals surface area contributed by atoms with E-state index >= 15 is 0 Å². The second kappa shape index (κ2) is 8.45.